The zero-order valence-electron chi connectivity index (χ0n) is 29.8. The SMILES string of the molecule is COc1ccc2nc3cc([N+](=O)[O-])ccc3c(NNc3ccccc3)c2c1.COc1ccc2nc3cc([N+](=O)[O-])ccc3c(NNc3ccccc3)c2c1.Cl.Cl. The summed E-state index contributed by atoms with van der Waals surface area (Å²) in [4.78, 5) is 30.6. The van der Waals surface area contributed by atoms with Gasteiger partial charge < -0.3 is 20.3 Å². The van der Waals surface area contributed by atoms with Crippen molar-refractivity contribution >= 4 is 103 Å². The number of pyridine rings is 2. The largest absolute Gasteiger partial charge is 0.497 e. The van der Waals surface area contributed by atoms with E-state index < -0.39 is 9.85 Å². The van der Waals surface area contributed by atoms with Gasteiger partial charge in [-0.3, -0.25) is 31.1 Å². The number of hydrazine groups is 2. The summed E-state index contributed by atoms with van der Waals surface area (Å²) in [5.41, 5.74) is 18.6. The maximum Gasteiger partial charge on any atom is 0.271 e. The Hall–Kier alpha value is -7.16. The molecule has 0 radical (unpaired) electrons. The number of anilines is 4. The first-order chi connectivity index (χ1) is 26.3. The van der Waals surface area contributed by atoms with Crippen LogP contribution in [0.15, 0.2) is 133 Å². The molecule has 14 nitrogen and oxygen atoms in total. The van der Waals surface area contributed by atoms with Crippen molar-refractivity contribution in [3.8, 4) is 11.5 Å². The van der Waals surface area contributed by atoms with E-state index in [1.807, 2.05) is 97.1 Å². The van der Waals surface area contributed by atoms with Gasteiger partial charge in [-0.2, -0.15) is 0 Å². The minimum absolute atomic E-state index is 0. The Balaban J connectivity index is 0.000000207. The number of hydrogen-bond donors (Lipinski definition) is 4. The van der Waals surface area contributed by atoms with E-state index in [9.17, 15) is 20.2 Å². The molecule has 284 valence electrons. The van der Waals surface area contributed by atoms with Crippen molar-refractivity contribution in [2.24, 2.45) is 0 Å². The summed E-state index contributed by atoms with van der Waals surface area (Å²) in [6, 6.07) is 39.7. The number of aromatic nitrogens is 2. The number of benzene rings is 6. The number of nitro benzene ring substituents is 2. The maximum absolute atomic E-state index is 11.1. The molecule has 0 fully saturated rings. The number of methoxy groups -OCH3 is 2. The molecule has 0 atom stereocenters. The average Bonchev–Trinajstić information content (AvgIpc) is 3.21. The van der Waals surface area contributed by atoms with Crippen molar-refractivity contribution in [3.63, 3.8) is 0 Å². The first kappa shape index (κ1) is 40.0. The molecule has 6 aromatic carbocycles. The van der Waals surface area contributed by atoms with Crippen LogP contribution in [0.2, 0.25) is 0 Å². The molecule has 0 aliphatic carbocycles. The van der Waals surface area contributed by atoms with Gasteiger partial charge in [-0.15, -0.1) is 24.8 Å². The number of hydrogen-bond acceptors (Lipinski definition) is 12. The predicted octanol–water partition coefficient (Wildman–Crippen LogP) is 10.3. The van der Waals surface area contributed by atoms with E-state index in [1.54, 1.807) is 26.4 Å². The second kappa shape index (κ2) is 17.8. The predicted molar refractivity (Wildman–Crippen MR) is 227 cm³/mol. The number of non-ortho nitro benzene ring substituents is 2. The summed E-state index contributed by atoms with van der Waals surface area (Å²) < 4.78 is 10.7. The van der Waals surface area contributed by atoms with Gasteiger partial charge in [0.05, 0.1) is 68.9 Å². The smallest absolute Gasteiger partial charge is 0.271 e. The van der Waals surface area contributed by atoms with E-state index in [1.165, 1.54) is 24.3 Å². The maximum atomic E-state index is 11.1. The molecule has 0 aliphatic rings. The molecule has 0 bridgehead atoms. The highest BCUT2D eigenvalue weighted by Crippen LogP contribution is 2.36. The number of nitrogens with one attached hydrogen (secondary N) is 4. The van der Waals surface area contributed by atoms with E-state index in [-0.39, 0.29) is 36.2 Å². The summed E-state index contributed by atoms with van der Waals surface area (Å²) in [7, 11) is 3.21. The van der Waals surface area contributed by atoms with Crippen LogP contribution in [0.1, 0.15) is 0 Å². The Bertz CT molecular complexity index is 2490. The molecule has 0 saturated carbocycles. The Labute approximate surface area is 331 Å². The van der Waals surface area contributed by atoms with Gasteiger partial charge in [-0.25, -0.2) is 9.97 Å². The third-order valence-corrected chi connectivity index (χ3v) is 8.56. The van der Waals surface area contributed by atoms with Crippen molar-refractivity contribution in [3.05, 3.63) is 154 Å². The number of nitro groups is 2. The third-order valence-electron chi connectivity index (χ3n) is 8.56. The number of nitrogens with zero attached hydrogens (tertiary/aromatic N) is 4. The zero-order chi connectivity index (χ0) is 37.6. The lowest BCUT2D eigenvalue weighted by molar-refractivity contribution is -0.384. The van der Waals surface area contributed by atoms with Gasteiger partial charge in [0, 0.05) is 45.8 Å². The molecule has 56 heavy (non-hydrogen) atoms. The van der Waals surface area contributed by atoms with Crippen LogP contribution < -0.4 is 31.2 Å². The van der Waals surface area contributed by atoms with Crippen LogP contribution in [-0.2, 0) is 0 Å². The molecular formula is C40H34Cl2N8O6. The van der Waals surface area contributed by atoms with Crippen LogP contribution in [0.3, 0.4) is 0 Å². The van der Waals surface area contributed by atoms with Crippen molar-refractivity contribution < 1.29 is 19.3 Å². The van der Waals surface area contributed by atoms with Gasteiger partial charge in [0.1, 0.15) is 11.5 Å². The van der Waals surface area contributed by atoms with Gasteiger partial charge >= 0.3 is 0 Å². The first-order valence-electron chi connectivity index (χ1n) is 16.6. The van der Waals surface area contributed by atoms with Crippen molar-refractivity contribution in [1.82, 2.24) is 9.97 Å². The van der Waals surface area contributed by atoms with Crippen LogP contribution in [0.5, 0.6) is 11.5 Å². The number of fused-ring (bicyclic) bond motifs is 4. The van der Waals surface area contributed by atoms with E-state index in [4.69, 9.17) is 9.47 Å². The monoisotopic (exact) mass is 792 g/mol. The van der Waals surface area contributed by atoms with Gasteiger partial charge in [0.2, 0.25) is 0 Å². The lowest BCUT2D eigenvalue weighted by atomic mass is 10.1. The lowest BCUT2D eigenvalue weighted by Crippen LogP contribution is -2.09. The summed E-state index contributed by atoms with van der Waals surface area (Å²) in [5.74, 6) is 1.40. The van der Waals surface area contributed by atoms with Crippen LogP contribution in [0.4, 0.5) is 34.1 Å². The molecule has 0 saturated heterocycles. The third kappa shape index (κ3) is 8.62. The van der Waals surface area contributed by atoms with Crippen molar-refractivity contribution in [2.75, 3.05) is 35.9 Å². The molecule has 0 unspecified atom stereocenters. The molecule has 0 aliphatic heterocycles. The molecule has 2 heterocycles. The zero-order valence-corrected chi connectivity index (χ0v) is 31.4. The van der Waals surface area contributed by atoms with Gasteiger partial charge in [0.15, 0.2) is 0 Å². The lowest BCUT2D eigenvalue weighted by Gasteiger charge is -2.15. The van der Waals surface area contributed by atoms with Crippen LogP contribution in [0, 0.1) is 20.2 Å². The topological polar surface area (TPSA) is 179 Å². The second-order valence-corrected chi connectivity index (χ2v) is 11.9. The number of para-hydroxylation sites is 2. The fourth-order valence-electron chi connectivity index (χ4n) is 5.89. The fourth-order valence-corrected chi connectivity index (χ4v) is 5.89. The highest BCUT2D eigenvalue weighted by molar-refractivity contribution is 6.09. The summed E-state index contributed by atoms with van der Waals surface area (Å²) in [5, 5.41) is 25.5. The molecular weight excluding hydrogens is 759 g/mol. The average molecular weight is 794 g/mol. The molecule has 8 rings (SSSR count). The van der Waals surface area contributed by atoms with Gasteiger partial charge in [-0.1, -0.05) is 36.4 Å². The van der Waals surface area contributed by atoms with Crippen LogP contribution in [-0.4, -0.2) is 34.0 Å². The number of halogens is 2. The molecule has 8 aromatic rings. The Kier molecular flexibility index (Phi) is 12.7. The van der Waals surface area contributed by atoms with E-state index >= 15 is 0 Å². The second-order valence-electron chi connectivity index (χ2n) is 11.9. The van der Waals surface area contributed by atoms with E-state index in [0.29, 0.717) is 33.6 Å². The van der Waals surface area contributed by atoms with Crippen LogP contribution >= 0.6 is 24.8 Å². The summed E-state index contributed by atoms with van der Waals surface area (Å²) >= 11 is 0. The van der Waals surface area contributed by atoms with E-state index in [0.717, 1.165) is 44.3 Å². The van der Waals surface area contributed by atoms with Gasteiger partial charge in [-0.05, 0) is 72.8 Å². The normalized spacial score (nSPS) is 10.3. The molecule has 16 heteroatoms. The highest BCUT2D eigenvalue weighted by atomic mass is 35.5. The fraction of sp³-hybridized carbons (Fsp3) is 0.0500. The number of rotatable bonds is 10. The van der Waals surface area contributed by atoms with E-state index in [2.05, 4.69) is 31.7 Å². The first-order valence-corrected chi connectivity index (χ1v) is 16.6. The van der Waals surface area contributed by atoms with Gasteiger partial charge in [0.25, 0.3) is 11.4 Å². The Morgan fingerprint density at radius 3 is 1.21 bits per heavy atom. The molecule has 4 N–H and O–H groups in total. The molecule has 0 amide bonds. The highest BCUT2D eigenvalue weighted by Gasteiger charge is 2.16. The summed E-state index contributed by atoms with van der Waals surface area (Å²) in [6.07, 6.45) is 0. The molecule has 0 spiro atoms. The standard InChI is InChI=1S/2C20H16N4O3.2ClH/c2*1-27-15-8-10-18-17(12-15)20(23-22-13-5-3-2-4-6-13)16-9-7-14(24(25)26)11-19(16)21-18;;/h2*2-12,22H,1H3,(H,21,23);2*1H. The van der Waals surface area contributed by atoms with Crippen LogP contribution in [0.25, 0.3) is 43.6 Å². The minimum Gasteiger partial charge on any atom is -0.497 e. The molecule has 2 aromatic heterocycles. The summed E-state index contributed by atoms with van der Waals surface area (Å²) in [6.45, 7) is 0. The number of ether oxygens (including phenoxy) is 2. The Morgan fingerprint density at radius 1 is 0.464 bits per heavy atom. The minimum atomic E-state index is -0.422. The van der Waals surface area contributed by atoms with Crippen molar-refractivity contribution in [2.45, 2.75) is 0 Å². The quantitative estimate of drug-likeness (QED) is 0.0586. The Morgan fingerprint density at radius 2 is 0.857 bits per heavy atom. The van der Waals surface area contributed by atoms with Crippen molar-refractivity contribution in [1.29, 1.82) is 0 Å².